The summed E-state index contributed by atoms with van der Waals surface area (Å²) in [6, 6.07) is 0. The van der Waals surface area contributed by atoms with Crippen LogP contribution in [-0.2, 0) is 38.1 Å². The van der Waals surface area contributed by atoms with Gasteiger partial charge < -0.3 is 24.1 Å². The molecule has 0 aromatic heterocycles. The van der Waals surface area contributed by atoms with Gasteiger partial charge in [-0.05, 0) is 0 Å². The number of hydrogen-bond acceptors (Lipinski definition) is 13. The highest BCUT2D eigenvalue weighted by molar-refractivity contribution is 7.81. The van der Waals surface area contributed by atoms with Crippen LogP contribution in [0.1, 0.15) is 0 Å². The van der Waals surface area contributed by atoms with Crippen LogP contribution in [0, 0.1) is 0 Å². The molecule has 1 rings (SSSR count). The van der Waals surface area contributed by atoms with E-state index in [2.05, 4.69) is 50.5 Å². The number of hydrogen-bond donors (Lipinski definition) is 5. The number of halogens is 5. The second kappa shape index (κ2) is 18.9. The first-order valence-corrected chi connectivity index (χ1v) is 13.6. The van der Waals surface area contributed by atoms with Gasteiger partial charge in [0.05, 0.1) is 38.1 Å². The maximum atomic E-state index is 11.5. The summed E-state index contributed by atoms with van der Waals surface area (Å²) in [7, 11) is 0. The Hall–Kier alpha value is -0.250. The molecule has 36 heavy (non-hydrogen) atoms. The van der Waals surface area contributed by atoms with Crippen molar-refractivity contribution in [1.29, 1.82) is 0 Å². The minimum atomic E-state index is -1.19. The van der Waals surface area contributed by atoms with Gasteiger partial charge in [-0.2, -0.15) is 50.5 Å². The first-order chi connectivity index (χ1) is 16.8. The molecular weight excluding hydrogens is 666 g/mol. The van der Waals surface area contributed by atoms with Crippen LogP contribution in [0.4, 0.5) is 0 Å². The molecule has 0 spiro atoms. The number of esters is 4. The van der Waals surface area contributed by atoms with E-state index in [1.54, 1.807) is 0 Å². The highest BCUT2D eigenvalue weighted by atomic mass is 35.5. The molecule has 18 heteroatoms. The quantitative estimate of drug-likeness (QED) is 0.0764. The van der Waals surface area contributed by atoms with Crippen LogP contribution < -0.4 is 0 Å². The Balaban J connectivity index is 0.000000846. The molecule has 2 atom stereocenters. The van der Waals surface area contributed by atoms with Crippen molar-refractivity contribution in [2.75, 3.05) is 36.2 Å². The second-order valence-corrected chi connectivity index (χ2v) is 9.13. The Morgan fingerprint density at radius 2 is 0.861 bits per heavy atom. The van der Waals surface area contributed by atoms with Gasteiger partial charge in [0, 0.05) is 0 Å². The molecule has 1 aromatic rings. The molecule has 0 fully saturated rings. The topological polar surface area (TPSA) is 125 Å². The van der Waals surface area contributed by atoms with Gasteiger partial charge in [0.1, 0.15) is 23.3 Å². The van der Waals surface area contributed by atoms with Crippen molar-refractivity contribution >= 4 is 132 Å². The van der Waals surface area contributed by atoms with Crippen LogP contribution in [0.25, 0.3) is 0 Å². The van der Waals surface area contributed by atoms with E-state index in [1.165, 1.54) is 0 Å². The number of benzene rings is 1. The molecule has 0 radical (unpaired) electrons. The third-order valence-corrected chi connectivity index (χ3v) is 6.79. The standard InChI is InChI=1S/C12H18O8S4.C6HCl5O/c13-9(3-21)17-1-7(19-11(15)5-23)8(20-12(16)6-24)2-18-10(14)4-22;7-1-2(8)4(10)6(12)5(11)3(1)9/h7-8,21-24H,1-6H2;12H/t7-,8+;. The molecule has 204 valence electrons. The van der Waals surface area contributed by atoms with Crippen LogP contribution in [0.3, 0.4) is 0 Å². The fourth-order valence-electron chi connectivity index (χ4n) is 1.88. The van der Waals surface area contributed by atoms with Gasteiger partial charge in [-0.15, -0.1) is 0 Å². The molecule has 0 amide bonds. The lowest BCUT2D eigenvalue weighted by molar-refractivity contribution is -0.179. The first kappa shape index (κ1) is 35.8. The fraction of sp³-hybridized carbons (Fsp3) is 0.444. The number of thiol groups is 4. The van der Waals surface area contributed by atoms with Gasteiger partial charge in [-0.3, -0.25) is 19.2 Å². The monoisotopic (exact) mass is 682 g/mol. The number of phenols is 1. The third-order valence-electron chi connectivity index (χ3n) is 3.50. The Morgan fingerprint density at radius 1 is 0.583 bits per heavy atom. The average molecular weight is 685 g/mol. The molecule has 0 aliphatic carbocycles. The molecule has 0 aliphatic rings. The zero-order valence-corrected chi connectivity index (χ0v) is 25.1. The van der Waals surface area contributed by atoms with Crippen molar-refractivity contribution < 1.29 is 43.2 Å². The smallest absolute Gasteiger partial charge is 0.316 e. The molecule has 0 bridgehead atoms. The Kier molecular flexibility index (Phi) is 18.8. The summed E-state index contributed by atoms with van der Waals surface area (Å²) in [6.07, 6.45) is -2.38. The van der Waals surface area contributed by atoms with E-state index in [-0.39, 0.29) is 53.9 Å². The number of carbonyl (C=O) groups is 4. The number of rotatable bonds is 11. The molecule has 0 saturated heterocycles. The van der Waals surface area contributed by atoms with E-state index in [0.717, 1.165) is 0 Å². The molecule has 1 aromatic carbocycles. The van der Waals surface area contributed by atoms with E-state index < -0.39 is 49.3 Å². The van der Waals surface area contributed by atoms with Crippen molar-refractivity contribution in [3.8, 4) is 5.75 Å². The third kappa shape index (κ3) is 12.5. The molecule has 0 saturated carbocycles. The van der Waals surface area contributed by atoms with Crippen molar-refractivity contribution in [3.05, 3.63) is 25.1 Å². The summed E-state index contributed by atoms with van der Waals surface area (Å²) in [4.78, 5) is 45.4. The highest BCUT2D eigenvalue weighted by Gasteiger charge is 2.31. The zero-order valence-electron chi connectivity index (χ0n) is 17.8. The van der Waals surface area contributed by atoms with Crippen molar-refractivity contribution in [1.82, 2.24) is 0 Å². The SMILES string of the molecule is O=C(CS)OC[C@H](OC(=O)CS)[C@@H](COC(=O)CS)OC(=O)CS.Oc1c(Cl)c(Cl)c(Cl)c(Cl)c1Cl. The van der Waals surface area contributed by atoms with E-state index in [1.807, 2.05) is 0 Å². The Morgan fingerprint density at radius 3 is 1.14 bits per heavy atom. The molecular formula is C18H19Cl5O9S4. The van der Waals surface area contributed by atoms with Crippen molar-refractivity contribution in [2.24, 2.45) is 0 Å². The van der Waals surface area contributed by atoms with Crippen LogP contribution in [-0.4, -0.2) is 77.4 Å². The first-order valence-electron chi connectivity index (χ1n) is 9.18. The van der Waals surface area contributed by atoms with Crippen LogP contribution in [0.5, 0.6) is 5.75 Å². The Labute approximate surface area is 253 Å². The maximum absolute atomic E-state index is 11.5. The van der Waals surface area contributed by atoms with Crippen LogP contribution in [0.15, 0.2) is 0 Å². The zero-order chi connectivity index (χ0) is 28.0. The molecule has 0 aliphatic heterocycles. The number of ether oxygens (including phenoxy) is 4. The molecule has 1 N–H and O–H groups in total. The second-order valence-electron chi connectivity index (χ2n) is 5.97. The van der Waals surface area contributed by atoms with Crippen LogP contribution >= 0.6 is 109 Å². The number of phenolic OH excluding ortho intramolecular Hbond substituents is 1. The van der Waals surface area contributed by atoms with Gasteiger partial charge in [-0.1, -0.05) is 58.0 Å². The Bertz CT molecular complexity index is 794. The summed E-state index contributed by atoms with van der Waals surface area (Å²) < 4.78 is 19.8. The molecule has 0 unspecified atom stereocenters. The van der Waals surface area contributed by atoms with Crippen molar-refractivity contribution in [3.63, 3.8) is 0 Å². The lowest BCUT2D eigenvalue weighted by Gasteiger charge is -2.26. The summed E-state index contributed by atoms with van der Waals surface area (Å²) in [5.74, 6) is -4.06. The van der Waals surface area contributed by atoms with Crippen LogP contribution in [0.2, 0.25) is 25.1 Å². The van der Waals surface area contributed by atoms with E-state index in [0.29, 0.717) is 0 Å². The number of carbonyl (C=O) groups excluding carboxylic acids is 4. The van der Waals surface area contributed by atoms with E-state index in [9.17, 15) is 24.3 Å². The normalized spacial score (nSPS) is 11.9. The minimum absolute atomic E-state index is 0.00904. The summed E-state index contributed by atoms with van der Waals surface area (Å²) >= 11 is 42.9. The van der Waals surface area contributed by atoms with Gasteiger partial charge in [0.15, 0.2) is 18.0 Å². The lowest BCUT2D eigenvalue weighted by Crippen LogP contribution is -2.43. The van der Waals surface area contributed by atoms with E-state index in [4.69, 9.17) is 77.0 Å². The predicted octanol–water partition coefficient (Wildman–Crippen LogP) is 4.27. The van der Waals surface area contributed by atoms with Crippen molar-refractivity contribution in [2.45, 2.75) is 12.2 Å². The maximum Gasteiger partial charge on any atom is 0.316 e. The van der Waals surface area contributed by atoms with Gasteiger partial charge in [-0.25, -0.2) is 0 Å². The van der Waals surface area contributed by atoms with Gasteiger partial charge in [0.25, 0.3) is 0 Å². The number of aromatic hydroxyl groups is 1. The van der Waals surface area contributed by atoms with Gasteiger partial charge in [0.2, 0.25) is 0 Å². The predicted molar refractivity (Wildman–Crippen MR) is 150 cm³/mol. The fourth-order valence-corrected chi connectivity index (χ4v) is 3.34. The highest BCUT2D eigenvalue weighted by Crippen LogP contribution is 2.47. The summed E-state index contributed by atoms with van der Waals surface area (Å²) in [5, 5.41) is 9.01. The molecule has 9 nitrogen and oxygen atoms in total. The molecule has 0 heterocycles. The summed E-state index contributed by atoms with van der Waals surface area (Å²) in [6.45, 7) is -0.830. The van der Waals surface area contributed by atoms with Gasteiger partial charge >= 0.3 is 23.9 Å². The lowest BCUT2D eigenvalue weighted by atomic mass is 10.2. The van der Waals surface area contributed by atoms with E-state index >= 15 is 0 Å². The summed E-state index contributed by atoms with van der Waals surface area (Å²) in [5.41, 5.74) is 0. The average Bonchev–Trinajstić information content (AvgIpc) is 2.89. The minimum Gasteiger partial charge on any atom is -0.505 e. The largest absolute Gasteiger partial charge is 0.505 e.